The van der Waals surface area contributed by atoms with Gasteiger partial charge >= 0.3 is 5.97 Å². The number of nitrogens with zero attached hydrogens (tertiary/aromatic N) is 1. The van der Waals surface area contributed by atoms with Crippen LogP contribution in [-0.2, 0) is 19.5 Å². The van der Waals surface area contributed by atoms with Crippen LogP contribution in [0.25, 0.3) is 0 Å². The highest BCUT2D eigenvalue weighted by Gasteiger charge is 2.34. The number of hydrogen-bond acceptors (Lipinski definition) is 6. The largest absolute Gasteiger partial charge is 0.496 e. The normalized spacial score (nSPS) is 15.0. The minimum atomic E-state index is -3.91. The van der Waals surface area contributed by atoms with Crippen LogP contribution in [0.2, 0.25) is 5.02 Å². The first-order valence-corrected chi connectivity index (χ1v) is 10.8. The van der Waals surface area contributed by atoms with Crippen molar-refractivity contribution in [2.45, 2.75) is 23.8 Å². The predicted octanol–water partition coefficient (Wildman–Crippen LogP) is 3.51. The van der Waals surface area contributed by atoms with Crippen molar-refractivity contribution in [2.75, 3.05) is 31.7 Å². The Hall–Kier alpha value is -2.29. The van der Waals surface area contributed by atoms with Crippen molar-refractivity contribution in [1.29, 1.82) is 0 Å². The predicted molar refractivity (Wildman–Crippen MR) is 109 cm³/mol. The summed E-state index contributed by atoms with van der Waals surface area (Å²) in [6, 6.07) is 10.3. The summed E-state index contributed by atoms with van der Waals surface area (Å²) in [6.07, 6.45) is 1.07. The SMILES string of the molecule is COC(=O)c1cc(N(C2CCOCC2)S(=O)(=O)c2ccc(Cl)cc2)ccc1OC. The Labute approximate surface area is 175 Å². The molecule has 7 nitrogen and oxygen atoms in total. The standard InChI is InChI=1S/C20H22ClNO6S/c1-26-19-8-5-16(13-18(19)20(23)27-2)22(15-9-11-28-12-10-15)29(24,25)17-6-3-14(21)4-7-17/h3-8,13,15H,9-12H2,1-2H3. The summed E-state index contributed by atoms with van der Waals surface area (Å²) in [5.74, 6) is -0.309. The average Bonchev–Trinajstić information content (AvgIpc) is 2.74. The minimum absolute atomic E-state index is 0.115. The van der Waals surface area contributed by atoms with Crippen LogP contribution in [0, 0.1) is 0 Å². The summed E-state index contributed by atoms with van der Waals surface area (Å²) in [5, 5.41) is 0.444. The quantitative estimate of drug-likeness (QED) is 0.640. The number of carbonyl (C=O) groups excluding carboxylic acids is 1. The summed E-state index contributed by atoms with van der Waals surface area (Å²) in [5.41, 5.74) is 0.504. The molecular weight excluding hydrogens is 418 g/mol. The van der Waals surface area contributed by atoms with Crippen molar-refractivity contribution in [1.82, 2.24) is 0 Å². The number of halogens is 1. The van der Waals surface area contributed by atoms with Crippen molar-refractivity contribution in [3.63, 3.8) is 0 Å². The van der Waals surface area contributed by atoms with Crippen LogP contribution < -0.4 is 9.04 Å². The molecule has 0 saturated carbocycles. The van der Waals surface area contributed by atoms with E-state index in [0.29, 0.717) is 42.5 Å². The monoisotopic (exact) mass is 439 g/mol. The first-order valence-electron chi connectivity index (χ1n) is 9.02. The van der Waals surface area contributed by atoms with Crippen LogP contribution in [-0.4, -0.2) is 47.9 Å². The lowest BCUT2D eigenvalue weighted by Gasteiger charge is -2.35. The Balaban J connectivity index is 2.13. The summed E-state index contributed by atoms with van der Waals surface area (Å²) in [6.45, 7) is 0.911. The van der Waals surface area contributed by atoms with E-state index in [9.17, 15) is 13.2 Å². The van der Waals surface area contributed by atoms with Gasteiger partial charge in [-0.1, -0.05) is 11.6 Å². The average molecular weight is 440 g/mol. The van der Waals surface area contributed by atoms with Crippen LogP contribution in [0.15, 0.2) is 47.4 Å². The molecule has 156 valence electrons. The lowest BCUT2D eigenvalue weighted by molar-refractivity contribution is 0.0597. The van der Waals surface area contributed by atoms with Gasteiger partial charge in [-0.2, -0.15) is 0 Å². The highest BCUT2D eigenvalue weighted by atomic mass is 35.5. The molecule has 0 N–H and O–H groups in total. The Morgan fingerprint density at radius 2 is 1.76 bits per heavy atom. The van der Waals surface area contributed by atoms with Gasteiger partial charge in [-0.15, -0.1) is 0 Å². The molecule has 1 saturated heterocycles. The summed E-state index contributed by atoms with van der Waals surface area (Å²) in [4.78, 5) is 12.3. The maximum atomic E-state index is 13.5. The topological polar surface area (TPSA) is 82.1 Å². The Bertz CT molecular complexity index is 971. The molecule has 0 spiro atoms. The number of esters is 1. The highest BCUT2D eigenvalue weighted by Crippen LogP contribution is 2.33. The number of ether oxygens (including phenoxy) is 3. The van der Waals surface area contributed by atoms with Gasteiger partial charge in [0.25, 0.3) is 10.0 Å². The molecule has 1 fully saturated rings. The Morgan fingerprint density at radius 1 is 1.10 bits per heavy atom. The second-order valence-corrected chi connectivity index (χ2v) is 8.73. The van der Waals surface area contributed by atoms with Gasteiger partial charge in [0.05, 0.1) is 24.8 Å². The smallest absolute Gasteiger partial charge is 0.341 e. The van der Waals surface area contributed by atoms with Crippen molar-refractivity contribution >= 4 is 33.3 Å². The van der Waals surface area contributed by atoms with Gasteiger partial charge in [-0.05, 0) is 55.3 Å². The summed E-state index contributed by atoms with van der Waals surface area (Å²) in [7, 11) is -1.22. The van der Waals surface area contributed by atoms with E-state index in [1.54, 1.807) is 12.1 Å². The Kier molecular flexibility index (Phi) is 6.66. The fraction of sp³-hybridized carbons (Fsp3) is 0.350. The van der Waals surface area contributed by atoms with Gasteiger partial charge in [0.15, 0.2) is 0 Å². The first-order chi connectivity index (χ1) is 13.9. The molecule has 0 unspecified atom stereocenters. The molecule has 1 heterocycles. The van der Waals surface area contributed by atoms with E-state index in [0.717, 1.165) is 0 Å². The van der Waals surface area contributed by atoms with Gasteiger partial charge in [0, 0.05) is 24.3 Å². The molecule has 0 amide bonds. The zero-order chi connectivity index (χ0) is 21.0. The van der Waals surface area contributed by atoms with Crippen molar-refractivity contribution in [3.8, 4) is 5.75 Å². The third-order valence-corrected chi connectivity index (χ3v) is 6.88. The lowest BCUT2D eigenvalue weighted by Crippen LogP contribution is -2.43. The number of methoxy groups -OCH3 is 2. The van der Waals surface area contributed by atoms with Gasteiger partial charge in [-0.25, -0.2) is 13.2 Å². The van der Waals surface area contributed by atoms with Crippen LogP contribution >= 0.6 is 11.6 Å². The molecular formula is C20H22ClNO6S. The molecule has 3 rings (SSSR count). The molecule has 2 aromatic rings. The fourth-order valence-electron chi connectivity index (χ4n) is 3.29. The van der Waals surface area contributed by atoms with E-state index in [-0.39, 0.29) is 16.5 Å². The van der Waals surface area contributed by atoms with E-state index in [4.69, 9.17) is 25.8 Å². The van der Waals surface area contributed by atoms with E-state index in [1.165, 1.54) is 48.9 Å². The molecule has 1 aliphatic rings. The summed E-state index contributed by atoms with van der Waals surface area (Å²) >= 11 is 5.92. The number of benzene rings is 2. The molecule has 0 aromatic heterocycles. The molecule has 29 heavy (non-hydrogen) atoms. The summed E-state index contributed by atoms with van der Waals surface area (Å²) < 4.78 is 43.9. The molecule has 0 bridgehead atoms. The second kappa shape index (κ2) is 9.02. The van der Waals surface area contributed by atoms with Gasteiger partial charge in [0.1, 0.15) is 11.3 Å². The number of carbonyl (C=O) groups is 1. The van der Waals surface area contributed by atoms with Crippen molar-refractivity contribution < 1.29 is 27.4 Å². The van der Waals surface area contributed by atoms with Crippen LogP contribution in [0.3, 0.4) is 0 Å². The third kappa shape index (κ3) is 4.49. The maximum absolute atomic E-state index is 13.5. The van der Waals surface area contributed by atoms with E-state index in [1.807, 2.05) is 0 Å². The van der Waals surface area contributed by atoms with Gasteiger partial charge in [0.2, 0.25) is 0 Å². The highest BCUT2D eigenvalue weighted by molar-refractivity contribution is 7.92. The van der Waals surface area contributed by atoms with Crippen molar-refractivity contribution in [2.24, 2.45) is 0 Å². The Morgan fingerprint density at radius 3 is 2.34 bits per heavy atom. The molecule has 0 aliphatic carbocycles. The molecule has 0 atom stereocenters. The van der Waals surface area contributed by atoms with Gasteiger partial charge in [-0.3, -0.25) is 4.31 Å². The first kappa shape index (κ1) is 21.4. The molecule has 0 radical (unpaired) electrons. The molecule has 1 aliphatic heterocycles. The second-order valence-electron chi connectivity index (χ2n) is 6.47. The zero-order valence-electron chi connectivity index (χ0n) is 16.1. The van der Waals surface area contributed by atoms with E-state index < -0.39 is 16.0 Å². The number of sulfonamides is 1. The van der Waals surface area contributed by atoms with E-state index in [2.05, 4.69) is 0 Å². The lowest BCUT2D eigenvalue weighted by atomic mass is 10.1. The number of rotatable bonds is 6. The molecule has 2 aromatic carbocycles. The van der Waals surface area contributed by atoms with Crippen molar-refractivity contribution in [3.05, 3.63) is 53.1 Å². The maximum Gasteiger partial charge on any atom is 0.341 e. The van der Waals surface area contributed by atoms with Crippen LogP contribution in [0.5, 0.6) is 5.75 Å². The number of anilines is 1. The van der Waals surface area contributed by atoms with Crippen LogP contribution in [0.4, 0.5) is 5.69 Å². The molecule has 9 heteroatoms. The fourth-order valence-corrected chi connectivity index (χ4v) is 5.12. The number of hydrogen-bond donors (Lipinski definition) is 0. The van der Waals surface area contributed by atoms with Crippen LogP contribution in [0.1, 0.15) is 23.2 Å². The minimum Gasteiger partial charge on any atom is -0.496 e. The third-order valence-electron chi connectivity index (χ3n) is 4.74. The van der Waals surface area contributed by atoms with E-state index >= 15 is 0 Å². The zero-order valence-corrected chi connectivity index (χ0v) is 17.7. The van der Waals surface area contributed by atoms with Gasteiger partial charge < -0.3 is 14.2 Å².